The van der Waals surface area contributed by atoms with Crippen molar-refractivity contribution in [1.82, 2.24) is 4.90 Å². The first-order valence-electron chi connectivity index (χ1n) is 8.16. The standard InChI is InChI=1S/C19H21N3O3/c20-16(9-12-5-7-15(23)8-6-12)19(25)22-11-14-4-2-1-3-13(14)10-17(22)18(21)24/h1-8,16-17,23H,9-11,20H2,(H2,21,24)/t16-,17-/m1/s1. The first-order valence-corrected chi connectivity index (χ1v) is 8.16. The molecule has 0 aromatic heterocycles. The van der Waals surface area contributed by atoms with E-state index in [0.717, 1.165) is 16.7 Å². The number of benzene rings is 2. The van der Waals surface area contributed by atoms with Crippen molar-refractivity contribution in [2.75, 3.05) is 0 Å². The van der Waals surface area contributed by atoms with Gasteiger partial charge in [-0.15, -0.1) is 0 Å². The molecule has 3 rings (SSSR count). The Kier molecular flexibility index (Phi) is 4.72. The predicted molar refractivity (Wildman–Crippen MR) is 93.5 cm³/mol. The van der Waals surface area contributed by atoms with Crippen LogP contribution in [-0.2, 0) is 29.0 Å². The summed E-state index contributed by atoms with van der Waals surface area (Å²) in [5, 5.41) is 9.33. The van der Waals surface area contributed by atoms with Crippen molar-refractivity contribution in [1.29, 1.82) is 0 Å². The molecule has 0 saturated heterocycles. The van der Waals surface area contributed by atoms with Gasteiger partial charge >= 0.3 is 0 Å². The summed E-state index contributed by atoms with van der Waals surface area (Å²) >= 11 is 0. The molecule has 0 radical (unpaired) electrons. The van der Waals surface area contributed by atoms with Crippen molar-refractivity contribution >= 4 is 11.8 Å². The van der Waals surface area contributed by atoms with E-state index in [2.05, 4.69) is 0 Å². The number of aromatic hydroxyl groups is 1. The van der Waals surface area contributed by atoms with E-state index in [1.54, 1.807) is 24.3 Å². The van der Waals surface area contributed by atoms with Crippen LogP contribution in [0.1, 0.15) is 16.7 Å². The molecule has 6 nitrogen and oxygen atoms in total. The molecule has 2 aromatic carbocycles. The van der Waals surface area contributed by atoms with Crippen LogP contribution >= 0.6 is 0 Å². The highest BCUT2D eigenvalue weighted by atomic mass is 16.3. The molecule has 0 bridgehead atoms. The Labute approximate surface area is 146 Å². The van der Waals surface area contributed by atoms with Crippen LogP contribution in [0, 0.1) is 0 Å². The summed E-state index contributed by atoms with van der Waals surface area (Å²) in [7, 11) is 0. The minimum absolute atomic E-state index is 0.157. The number of rotatable bonds is 4. The van der Waals surface area contributed by atoms with Crippen LogP contribution < -0.4 is 11.5 Å². The molecule has 5 N–H and O–H groups in total. The maximum atomic E-state index is 12.8. The highest BCUT2D eigenvalue weighted by molar-refractivity contribution is 5.89. The number of carbonyl (C=O) groups excluding carboxylic acids is 2. The summed E-state index contributed by atoms with van der Waals surface area (Å²) in [6.45, 7) is 0.325. The second kappa shape index (κ2) is 6.94. The number of amides is 2. The van der Waals surface area contributed by atoms with Gasteiger partial charge in [-0.1, -0.05) is 36.4 Å². The molecule has 2 atom stereocenters. The Morgan fingerprint density at radius 3 is 2.40 bits per heavy atom. The van der Waals surface area contributed by atoms with Gasteiger partial charge in [0.25, 0.3) is 0 Å². The van der Waals surface area contributed by atoms with Crippen molar-refractivity contribution < 1.29 is 14.7 Å². The molecule has 2 amide bonds. The van der Waals surface area contributed by atoms with Crippen molar-refractivity contribution in [2.24, 2.45) is 11.5 Å². The third kappa shape index (κ3) is 3.64. The number of hydrogen-bond donors (Lipinski definition) is 3. The Morgan fingerprint density at radius 2 is 1.76 bits per heavy atom. The smallest absolute Gasteiger partial charge is 0.240 e. The van der Waals surface area contributed by atoms with E-state index in [1.165, 1.54) is 4.90 Å². The molecule has 0 fully saturated rings. The molecular formula is C19H21N3O3. The Bertz CT molecular complexity index is 789. The van der Waals surface area contributed by atoms with E-state index in [0.29, 0.717) is 19.4 Å². The van der Waals surface area contributed by atoms with Gasteiger partial charge in [-0.25, -0.2) is 0 Å². The zero-order valence-corrected chi connectivity index (χ0v) is 13.8. The Balaban J connectivity index is 1.79. The highest BCUT2D eigenvalue weighted by Crippen LogP contribution is 2.24. The van der Waals surface area contributed by atoms with Crippen molar-refractivity contribution in [2.45, 2.75) is 31.5 Å². The van der Waals surface area contributed by atoms with Gasteiger partial charge in [-0.3, -0.25) is 9.59 Å². The summed E-state index contributed by atoms with van der Waals surface area (Å²) in [6.07, 6.45) is 0.728. The fourth-order valence-electron chi connectivity index (χ4n) is 3.20. The fourth-order valence-corrected chi connectivity index (χ4v) is 3.20. The van der Waals surface area contributed by atoms with Gasteiger partial charge in [0.15, 0.2) is 0 Å². The molecule has 0 saturated carbocycles. The summed E-state index contributed by atoms with van der Waals surface area (Å²) in [5.41, 5.74) is 14.5. The van der Waals surface area contributed by atoms with Crippen molar-refractivity contribution in [3.63, 3.8) is 0 Å². The van der Waals surface area contributed by atoms with E-state index in [4.69, 9.17) is 11.5 Å². The first kappa shape index (κ1) is 17.0. The van der Waals surface area contributed by atoms with Crippen LogP contribution in [0.2, 0.25) is 0 Å². The van der Waals surface area contributed by atoms with Crippen LogP contribution in [-0.4, -0.2) is 33.9 Å². The van der Waals surface area contributed by atoms with Crippen LogP contribution in [0.5, 0.6) is 5.75 Å². The Hall–Kier alpha value is -2.86. The summed E-state index contributed by atoms with van der Waals surface area (Å²) < 4.78 is 0. The Morgan fingerprint density at radius 1 is 1.12 bits per heavy atom. The molecule has 1 aliphatic rings. The van der Waals surface area contributed by atoms with Gasteiger partial charge in [0.1, 0.15) is 11.8 Å². The minimum Gasteiger partial charge on any atom is -0.508 e. The van der Waals surface area contributed by atoms with E-state index in [1.807, 2.05) is 24.3 Å². The molecule has 0 unspecified atom stereocenters. The van der Waals surface area contributed by atoms with Crippen LogP contribution in [0.15, 0.2) is 48.5 Å². The quantitative estimate of drug-likeness (QED) is 0.761. The van der Waals surface area contributed by atoms with Gasteiger partial charge in [0.2, 0.25) is 11.8 Å². The van der Waals surface area contributed by atoms with Crippen molar-refractivity contribution in [3.05, 3.63) is 65.2 Å². The molecule has 0 aliphatic carbocycles. The maximum Gasteiger partial charge on any atom is 0.240 e. The second-order valence-corrected chi connectivity index (χ2v) is 6.33. The summed E-state index contributed by atoms with van der Waals surface area (Å²) in [6, 6.07) is 12.8. The van der Waals surface area contributed by atoms with Crippen LogP contribution in [0.3, 0.4) is 0 Å². The van der Waals surface area contributed by atoms with Crippen LogP contribution in [0.4, 0.5) is 0 Å². The van der Waals surface area contributed by atoms with Crippen LogP contribution in [0.25, 0.3) is 0 Å². The van der Waals surface area contributed by atoms with E-state index < -0.39 is 18.0 Å². The third-order valence-electron chi connectivity index (χ3n) is 4.57. The predicted octanol–water partition coefficient (Wildman–Crippen LogP) is 0.701. The van der Waals surface area contributed by atoms with Gasteiger partial charge in [0, 0.05) is 13.0 Å². The SMILES string of the molecule is NC(=O)[C@H]1Cc2ccccc2CN1C(=O)[C@H](N)Cc1ccc(O)cc1. The maximum absolute atomic E-state index is 12.8. The topological polar surface area (TPSA) is 110 Å². The molecule has 6 heteroatoms. The highest BCUT2D eigenvalue weighted by Gasteiger charge is 2.35. The van der Waals surface area contributed by atoms with Gasteiger partial charge < -0.3 is 21.5 Å². The number of primary amides is 1. The molecule has 1 aliphatic heterocycles. The lowest BCUT2D eigenvalue weighted by Crippen LogP contribution is -2.55. The molecule has 130 valence electrons. The lowest BCUT2D eigenvalue weighted by Gasteiger charge is -2.36. The summed E-state index contributed by atoms with van der Waals surface area (Å²) in [5.74, 6) is -0.670. The fraction of sp³-hybridized carbons (Fsp3) is 0.263. The number of nitrogens with zero attached hydrogens (tertiary/aromatic N) is 1. The molecule has 1 heterocycles. The number of fused-ring (bicyclic) bond motifs is 1. The molecular weight excluding hydrogens is 318 g/mol. The van der Waals surface area contributed by atoms with E-state index >= 15 is 0 Å². The monoisotopic (exact) mass is 339 g/mol. The molecule has 25 heavy (non-hydrogen) atoms. The number of phenols is 1. The third-order valence-corrected chi connectivity index (χ3v) is 4.57. The normalized spacial score (nSPS) is 17.6. The number of phenolic OH excluding ortho intramolecular Hbond substituents is 1. The van der Waals surface area contributed by atoms with Crippen molar-refractivity contribution in [3.8, 4) is 5.75 Å². The minimum atomic E-state index is -0.781. The average Bonchev–Trinajstić information content (AvgIpc) is 2.61. The molecule has 2 aromatic rings. The first-order chi connectivity index (χ1) is 12.0. The number of carbonyl (C=O) groups is 2. The van der Waals surface area contributed by atoms with E-state index in [9.17, 15) is 14.7 Å². The van der Waals surface area contributed by atoms with Gasteiger partial charge in [-0.2, -0.15) is 0 Å². The summed E-state index contributed by atoms with van der Waals surface area (Å²) in [4.78, 5) is 26.2. The lowest BCUT2D eigenvalue weighted by atomic mass is 9.92. The zero-order valence-electron chi connectivity index (χ0n) is 13.8. The zero-order chi connectivity index (χ0) is 18.0. The molecule has 0 spiro atoms. The lowest BCUT2D eigenvalue weighted by molar-refractivity contribution is -0.141. The number of nitrogens with two attached hydrogens (primary N) is 2. The number of hydrogen-bond acceptors (Lipinski definition) is 4. The van der Waals surface area contributed by atoms with E-state index in [-0.39, 0.29) is 11.7 Å². The van der Waals surface area contributed by atoms with Gasteiger partial charge in [-0.05, 0) is 35.2 Å². The largest absolute Gasteiger partial charge is 0.508 e. The van der Waals surface area contributed by atoms with Gasteiger partial charge in [0.05, 0.1) is 6.04 Å². The average molecular weight is 339 g/mol. The second-order valence-electron chi connectivity index (χ2n) is 6.33.